The van der Waals surface area contributed by atoms with Crippen molar-refractivity contribution in [2.75, 3.05) is 6.61 Å². The third-order valence-electron chi connectivity index (χ3n) is 6.59. The van der Waals surface area contributed by atoms with Crippen molar-refractivity contribution in [2.24, 2.45) is 5.10 Å². The average molecular weight is 482 g/mol. The highest BCUT2D eigenvalue weighted by Crippen LogP contribution is 2.36. The monoisotopic (exact) mass is 481 g/mol. The molecule has 5 rings (SSSR count). The molecule has 36 heavy (non-hydrogen) atoms. The maximum absolute atomic E-state index is 12.8. The van der Waals surface area contributed by atoms with E-state index in [9.17, 15) is 4.79 Å². The Balaban J connectivity index is 1.33. The summed E-state index contributed by atoms with van der Waals surface area (Å²) in [4.78, 5) is 12.8. The standard InChI is InChI=1S/C30H31N3O3/c1-20-24(23-12-8-9-13-25(23)33(20)18-21-10-6-5-7-11-21)17-31-32-29(34)28-19-35-26-15-14-22(30(2,3)4)16-27(26)36-28/h5-17,28H,18-19H2,1-4H3,(H,32,34)/b31-17+. The number of hydrogen-bond donors (Lipinski definition) is 1. The number of para-hydroxylation sites is 1. The largest absolute Gasteiger partial charge is 0.485 e. The summed E-state index contributed by atoms with van der Waals surface area (Å²) in [6, 6.07) is 24.5. The molecule has 1 aromatic heterocycles. The van der Waals surface area contributed by atoms with Crippen LogP contribution in [0.5, 0.6) is 11.5 Å². The highest BCUT2D eigenvalue weighted by Gasteiger charge is 2.28. The summed E-state index contributed by atoms with van der Waals surface area (Å²) in [6.45, 7) is 9.38. The molecule has 4 aromatic rings. The second-order valence-corrected chi connectivity index (χ2v) is 10.2. The zero-order chi connectivity index (χ0) is 25.3. The molecule has 184 valence electrons. The van der Waals surface area contributed by atoms with Gasteiger partial charge in [-0.05, 0) is 41.7 Å². The zero-order valence-corrected chi connectivity index (χ0v) is 21.1. The summed E-state index contributed by atoms with van der Waals surface area (Å²) < 4.78 is 14.0. The third kappa shape index (κ3) is 4.71. The smallest absolute Gasteiger partial charge is 0.284 e. The van der Waals surface area contributed by atoms with E-state index in [2.05, 4.69) is 67.1 Å². The number of nitrogens with zero attached hydrogens (tertiary/aromatic N) is 2. The predicted octanol–water partition coefficient (Wildman–Crippen LogP) is 5.59. The second kappa shape index (κ2) is 9.53. The molecule has 1 amide bonds. The molecule has 1 aliphatic rings. The number of carbonyl (C=O) groups is 1. The normalized spacial score (nSPS) is 15.4. The van der Waals surface area contributed by atoms with Crippen molar-refractivity contribution >= 4 is 23.0 Å². The molecule has 0 fully saturated rings. The SMILES string of the molecule is Cc1c(/C=N/NC(=O)C2COc3ccc(C(C)(C)C)cc3O2)c2ccccc2n1Cc1ccccc1. The van der Waals surface area contributed by atoms with E-state index in [4.69, 9.17) is 9.47 Å². The first-order valence-electron chi connectivity index (χ1n) is 12.2. The van der Waals surface area contributed by atoms with E-state index in [1.165, 1.54) is 5.56 Å². The Morgan fingerprint density at radius 2 is 1.81 bits per heavy atom. The maximum Gasteiger partial charge on any atom is 0.284 e. The van der Waals surface area contributed by atoms with Crippen LogP contribution in [0.2, 0.25) is 0 Å². The van der Waals surface area contributed by atoms with Crippen molar-refractivity contribution in [2.45, 2.75) is 45.8 Å². The van der Waals surface area contributed by atoms with Gasteiger partial charge in [0.05, 0.1) is 6.21 Å². The van der Waals surface area contributed by atoms with Gasteiger partial charge in [0, 0.05) is 28.7 Å². The van der Waals surface area contributed by atoms with Crippen molar-refractivity contribution in [1.29, 1.82) is 0 Å². The molecule has 1 aliphatic heterocycles. The number of hydrogen-bond acceptors (Lipinski definition) is 4. The van der Waals surface area contributed by atoms with Crippen molar-refractivity contribution in [3.8, 4) is 11.5 Å². The zero-order valence-electron chi connectivity index (χ0n) is 21.1. The van der Waals surface area contributed by atoms with E-state index >= 15 is 0 Å². The lowest BCUT2D eigenvalue weighted by atomic mass is 9.87. The van der Waals surface area contributed by atoms with Crippen LogP contribution in [0.25, 0.3) is 10.9 Å². The predicted molar refractivity (Wildman–Crippen MR) is 143 cm³/mol. The average Bonchev–Trinajstić information content (AvgIpc) is 3.14. The first kappa shape index (κ1) is 23.7. The van der Waals surface area contributed by atoms with Gasteiger partial charge in [0.1, 0.15) is 6.61 Å². The maximum atomic E-state index is 12.8. The van der Waals surface area contributed by atoms with Gasteiger partial charge in [0.15, 0.2) is 11.5 Å². The van der Waals surface area contributed by atoms with Crippen LogP contribution in [0.15, 0.2) is 77.9 Å². The van der Waals surface area contributed by atoms with Gasteiger partial charge in [-0.2, -0.15) is 5.10 Å². The Hall–Kier alpha value is -4.06. The van der Waals surface area contributed by atoms with Crippen LogP contribution < -0.4 is 14.9 Å². The number of ether oxygens (including phenoxy) is 2. The Kier molecular flexibility index (Phi) is 6.27. The summed E-state index contributed by atoms with van der Waals surface area (Å²) in [5.74, 6) is 0.888. The van der Waals surface area contributed by atoms with Crippen molar-refractivity contribution in [3.63, 3.8) is 0 Å². The second-order valence-electron chi connectivity index (χ2n) is 10.2. The van der Waals surface area contributed by atoms with Crippen molar-refractivity contribution in [3.05, 3.63) is 95.2 Å². The Morgan fingerprint density at radius 3 is 2.58 bits per heavy atom. The number of rotatable bonds is 5. The first-order valence-corrected chi connectivity index (χ1v) is 12.2. The van der Waals surface area contributed by atoms with Gasteiger partial charge >= 0.3 is 0 Å². The van der Waals surface area contributed by atoms with E-state index in [1.54, 1.807) is 6.21 Å². The van der Waals surface area contributed by atoms with Gasteiger partial charge in [0.25, 0.3) is 5.91 Å². The number of nitrogens with one attached hydrogen (secondary N) is 1. The molecule has 6 heteroatoms. The number of hydrazone groups is 1. The summed E-state index contributed by atoms with van der Waals surface area (Å²) in [7, 11) is 0. The Morgan fingerprint density at radius 1 is 1.06 bits per heavy atom. The summed E-state index contributed by atoms with van der Waals surface area (Å²) in [5.41, 5.74) is 8.14. The van der Waals surface area contributed by atoms with Crippen LogP contribution in [-0.2, 0) is 16.8 Å². The fraction of sp³-hybridized carbons (Fsp3) is 0.267. The first-order chi connectivity index (χ1) is 17.3. The lowest BCUT2D eigenvalue weighted by Gasteiger charge is -2.27. The van der Waals surface area contributed by atoms with Gasteiger partial charge < -0.3 is 14.0 Å². The molecule has 2 heterocycles. The lowest BCUT2D eigenvalue weighted by molar-refractivity contribution is -0.130. The minimum Gasteiger partial charge on any atom is -0.485 e. The van der Waals surface area contributed by atoms with Gasteiger partial charge in [0.2, 0.25) is 6.10 Å². The number of fused-ring (bicyclic) bond motifs is 2. The van der Waals surface area contributed by atoms with Crippen LogP contribution in [0.4, 0.5) is 0 Å². The molecule has 6 nitrogen and oxygen atoms in total. The van der Waals surface area contributed by atoms with E-state index in [0.29, 0.717) is 11.5 Å². The molecule has 1 atom stereocenters. The summed E-state index contributed by atoms with van der Waals surface area (Å²) in [6.07, 6.45) is 0.942. The molecule has 0 spiro atoms. The number of amides is 1. The van der Waals surface area contributed by atoms with Crippen LogP contribution in [0.3, 0.4) is 0 Å². The quantitative estimate of drug-likeness (QED) is 0.299. The molecule has 1 N–H and O–H groups in total. The van der Waals surface area contributed by atoms with E-state index in [0.717, 1.165) is 34.3 Å². The minimum absolute atomic E-state index is 0.0323. The van der Waals surface area contributed by atoms with E-state index < -0.39 is 6.10 Å². The molecule has 0 aliphatic carbocycles. The number of aromatic nitrogens is 1. The van der Waals surface area contributed by atoms with Crippen LogP contribution in [0.1, 0.15) is 43.2 Å². The van der Waals surface area contributed by atoms with Crippen LogP contribution >= 0.6 is 0 Å². The molecule has 0 saturated heterocycles. The highest BCUT2D eigenvalue weighted by atomic mass is 16.6. The summed E-state index contributed by atoms with van der Waals surface area (Å²) >= 11 is 0. The molecule has 0 radical (unpaired) electrons. The number of carbonyl (C=O) groups excluding carboxylic acids is 1. The van der Waals surface area contributed by atoms with Gasteiger partial charge in [-0.1, -0.05) is 75.4 Å². The topological polar surface area (TPSA) is 64.8 Å². The molecule has 1 unspecified atom stereocenters. The third-order valence-corrected chi connectivity index (χ3v) is 6.59. The molecule has 0 bridgehead atoms. The van der Waals surface area contributed by atoms with E-state index in [-0.39, 0.29) is 17.9 Å². The fourth-order valence-corrected chi connectivity index (χ4v) is 4.49. The molecule has 3 aromatic carbocycles. The minimum atomic E-state index is -0.773. The highest BCUT2D eigenvalue weighted by molar-refractivity contribution is 6.01. The Labute approximate surface area is 211 Å². The van der Waals surface area contributed by atoms with Crippen molar-refractivity contribution < 1.29 is 14.3 Å². The van der Waals surface area contributed by atoms with Crippen LogP contribution in [0, 0.1) is 6.92 Å². The summed E-state index contributed by atoms with van der Waals surface area (Å²) in [5, 5.41) is 5.38. The van der Waals surface area contributed by atoms with Gasteiger partial charge in [-0.3, -0.25) is 4.79 Å². The Bertz CT molecular complexity index is 1430. The van der Waals surface area contributed by atoms with Crippen molar-refractivity contribution in [1.82, 2.24) is 9.99 Å². The lowest BCUT2D eigenvalue weighted by Crippen LogP contribution is -2.42. The van der Waals surface area contributed by atoms with Gasteiger partial charge in [-0.15, -0.1) is 0 Å². The molecular formula is C30H31N3O3. The molecule has 0 saturated carbocycles. The number of benzene rings is 3. The van der Waals surface area contributed by atoms with E-state index in [1.807, 2.05) is 48.5 Å². The fourth-order valence-electron chi connectivity index (χ4n) is 4.49. The van der Waals surface area contributed by atoms with Gasteiger partial charge in [-0.25, -0.2) is 5.43 Å². The molecular weight excluding hydrogens is 450 g/mol. The van der Waals surface area contributed by atoms with Crippen LogP contribution in [-0.4, -0.2) is 29.4 Å².